The van der Waals surface area contributed by atoms with Crippen molar-refractivity contribution in [3.05, 3.63) is 78.5 Å². The number of carbonyl (C=O) groups is 1. The van der Waals surface area contributed by atoms with Crippen molar-refractivity contribution in [1.29, 1.82) is 0 Å². The molecule has 2 heterocycles. The first-order chi connectivity index (χ1) is 15.7. The van der Waals surface area contributed by atoms with Crippen molar-refractivity contribution < 1.29 is 18.3 Å². The Labute approximate surface area is 188 Å². The third-order valence-corrected chi connectivity index (χ3v) is 5.49. The Balaban J connectivity index is 1.53. The predicted octanol–water partition coefficient (Wildman–Crippen LogP) is 4.86. The molecule has 2 aromatic heterocycles. The van der Waals surface area contributed by atoms with Crippen LogP contribution in [0.25, 0.3) is 11.4 Å². The second-order valence-electron chi connectivity index (χ2n) is 6.72. The van der Waals surface area contributed by atoms with Crippen LogP contribution in [0, 0.1) is 5.82 Å². The second-order valence-corrected chi connectivity index (χ2v) is 7.66. The Morgan fingerprint density at radius 2 is 1.94 bits per heavy atom. The molecule has 0 unspecified atom stereocenters. The fourth-order valence-corrected chi connectivity index (χ4v) is 3.84. The summed E-state index contributed by atoms with van der Waals surface area (Å²) in [6.07, 6.45) is 1.57. The van der Waals surface area contributed by atoms with Crippen molar-refractivity contribution in [2.45, 2.75) is 18.6 Å². The minimum atomic E-state index is -0.401. The number of amides is 1. The number of halogens is 1. The molecular weight excluding hydrogens is 431 g/mol. The highest BCUT2D eigenvalue weighted by molar-refractivity contribution is 7.99. The van der Waals surface area contributed by atoms with E-state index in [1.807, 2.05) is 25.1 Å². The van der Waals surface area contributed by atoms with Gasteiger partial charge in [0.1, 0.15) is 17.3 Å². The molecule has 164 valence electrons. The maximum atomic E-state index is 14.4. The monoisotopic (exact) mass is 452 g/mol. The van der Waals surface area contributed by atoms with Crippen molar-refractivity contribution in [2.24, 2.45) is 0 Å². The van der Waals surface area contributed by atoms with Gasteiger partial charge in [0.15, 0.2) is 11.0 Å². The van der Waals surface area contributed by atoms with E-state index >= 15 is 0 Å². The zero-order chi connectivity index (χ0) is 22.3. The minimum Gasteiger partial charge on any atom is -0.492 e. The molecule has 0 saturated heterocycles. The van der Waals surface area contributed by atoms with E-state index in [0.29, 0.717) is 46.9 Å². The second kappa shape index (κ2) is 10.1. The lowest BCUT2D eigenvalue weighted by Gasteiger charge is -2.11. The van der Waals surface area contributed by atoms with Gasteiger partial charge < -0.3 is 14.5 Å². The zero-order valence-corrected chi connectivity index (χ0v) is 18.1. The minimum absolute atomic E-state index is 0.0913. The Kier molecular flexibility index (Phi) is 6.86. The first-order valence-corrected chi connectivity index (χ1v) is 11.0. The summed E-state index contributed by atoms with van der Waals surface area (Å²) in [5.41, 5.74) is 0.928. The van der Waals surface area contributed by atoms with Crippen LogP contribution in [0.3, 0.4) is 0 Å². The molecule has 0 aliphatic heterocycles. The molecule has 0 spiro atoms. The standard InChI is InChI=1S/C23H21FN4O3S/c1-2-30-20-12-6-5-11-19(20)25-21(29)15-32-23-27-26-22(17-9-3-4-10-18(17)24)28(23)14-16-8-7-13-31-16/h3-13H,2,14-15H2,1H3,(H,25,29). The molecule has 2 aromatic carbocycles. The van der Waals surface area contributed by atoms with E-state index in [2.05, 4.69) is 15.5 Å². The average molecular weight is 453 g/mol. The van der Waals surface area contributed by atoms with Crippen LogP contribution in [0.2, 0.25) is 0 Å². The molecule has 0 radical (unpaired) electrons. The van der Waals surface area contributed by atoms with Gasteiger partial charge in [-0.25, -0.2) is 4.39 Å². The quantitative estimate of drug-likeness (QED) is 0.366. The fraction of sp³-hybridized carbons (Fsp3) is 0.174. The molecule has 1 N–H and O–H groups in total. The number of nitrogens with zero attached hydrogens (tertiary/aromatic N) is 3. The molecule has 4 rings (SSSR count). The van der Waals surface area contributed by atoms with E-state index in [4.69, 9.17) is 9.15 Å². The van der Waals surface area contributed by atoms with E-state index in [1.165, 1.54) is 17.8 Å². The number of ether oxygens (including phenoxy) is 1. The summed E-state index contributed by atoms with van der Waals surface area (Å²) >= 11 is 1.21. The first kappa shape index (κ1) is 21.6. The predicted molar refractivity (Wildman–Crippen MR) is 120 cm³/mol. The van der Waals surface area contributed by atoms with Crippen molar-refractivity contribution in [3.63, 3.8) is 0 Å². The van der Waals surface area contributed by atoms with Gasteiger partial charge in [-0.2, -0.15) is 0 Å². The number of carbonyl (C=O) groups excluding carboxylic acids is 1. The summed E-state index contributed by atoms with van der Waals surface area (Å²) in [5, 5.41) is 11.7. The van der Waals surface area contributed by atoms with E-state index < -0.39 is 5.82 Å². The summed E-state index contributed by atoms with van der Waals surface area (Å²) in [6.45, 7) is 2.69. The van der Waals surface area contributed by atoms with Crippen LogP contribution >= 0.6 is 11.8 Å². The molecule has 7 nitrogen and oxygen atoms in total. The summed E-state index contributed by atoms with van der Waals surface area (Å²) in [5.74, 6) is 1.11. The van der Waals surface area contributed by atoms with Crippen LogP contribution < -0.4 is 10.1 Å². The molecule has 0 aliphatic rings. The molecule has 0 aliphatic carbocycles. The highest BCUT2D eigenvalue weighted by Gasteiger charge is 2.19. The van der Waals surface area contributed by atoms with E-state index in [9.17, 15) is 9.18 Å². The van der Waals surface area contributed by atoms with Crippen LogP contribution in [-0.2, 0) is 11.3 Å². The lowest BCUT2D eigenvalue weighted by Crippen LogP contribution is -2.15. The van der Waals surface area contributed by atoms with Crippen molar-refractivity contribution in [1.82, 2.24) is 14.8 Å². The number of benzene rings is 2. The van der Waals surface area contributed by atoms with Crippen LogP contribution in [-0.4, -0.2) is 33.0 Å². The summed E-state index contributed by atoms with van der Waals surface area (Å²) in [4.78, 5) is 12.6. The molecule has 4 aromatic rings. The molecule has 0 fully saturated rings. The van der Waals surface area contributed by atoms with Crippen LogP contribution in [0.1, 0.15) is 12.7 Å². The maximum absolute atomic E-state index is 14.4. The van der Waals surface area contributed by atoms with Gasteiger partial charge in [-0.15, -0.1) is 10.2 Å². The van der Waals surface area contributed by atoms with Gasteiger partial charge in [0.2, 0.25) is 5.91 Å². The van der Waals surface area contributed by atoms with Crippen LogP contribution in [0.5, 0.6) is 5.75 Å². The molecule has 1 amide bonds. The first-order valence-electron chi connectivity index (χ1n) is 10.0. The molecule has 9 heteroatoms. The third kappa shape index (κ3) is 5.00. The third-order valence-electron chi connectivity index (χ3n) is 4.52. The van der Waals surface area contributed by atoms with Gasteiger partial charge in [0.25, 0.3) is 0 Å². The smallest absolute Gasteiger partial charge is 0.234 e. The summed E-state index contributed by atoms with van der Waals surface area (Å²) in [6, 6.07) is 17.2. The van der Waals surface area contributed by atoms with Gasteiger partial charge in [0.05, 0.1) is 36.4 Å². The van der Waals surface area contributed by atoms with Crippen molar-refractivity contribution in [3.8, 4) is 17.1 Å². The van der Waals surface area contributed by atoms with E-state index in [-0.39, 0.29) is 11.7 Å². The number of aromatic nitrogens is 3. The number of anilines is 1. The Hall–Kier alpha value is -3.59. The lowest BCUT2D eigenvalue weighted by molar-refractivity contribution is -0.113. The number of rotatable bonds is 9. The van der Waals surface area contributed by atoms with Gasteiger partial charge >= 0.3 is 0 Å². The van der Waals surface area contributed by atoms with E-state index in [1.54, 1.807) is 47.2 Å². The van der Waals surface area contributed by atoms with Crippen LogP contribution in [0.4, 0.5) is 10.1 Å². The van der Waals surface area contributed by atoms with Crippen molar-refractivity contribution in [2.75, 3.05) is 17.7 Å². The highest BCUT2D eigenvalue weighted by Crippen LogP contribution is 2.28. The Bertz CT molecular complexity index is 1190. The molecule has 0 bridgehead atoms. The number of para-hydroxylation sites is 2. The highest BCUT2D eigenvalue weighted by atomic mass is 32.2. The molecule has 0 atom stereocenters. The Morgan fingerprint density at radius 1 is 1.12 bits per heavy atom. The molecule has 0 saturated carbocycles. The van der Waals surface area contributed by atoms with Gasteiger partial charge in [-0.05, 0) is 43.3 Å². The normalized spacial score (nSPS) is 10.8. The number of hydrogen-bond acceptors (Lipinski definition) is 6. The SMILES string of the molecule is CCOc1ccccc1NC(=O)CSc1nnc(-c2ccccc2F)n1Cc1ccco1. The molecule has 32 heavy (non-hydrogen) atoms. The molecular formula is C23H21FN4O3S. The summed E-state index contributed by atoms with van der Waals surface area (Å²) < 4.78 is 27.2. The number of hydrogen-bond donors (Lipinski definition) is 1. The number of nitrogens with one attached hydrogen (secondary N) is 1. The topological polar surface area (TPSA) is 82.2 Å². The van der Waals surface area contributed by atoms with Crippen molar-refractivity contribution >= 4 is 23.4 Å². The van der Waals surface area contributed by atoms with E-state index in [0.717, 1.165) is 0 Å². The Morgan fingerprint density at radius 3 is 2.72 bits per heavy atom. The van der Waals surface area contributed by atoms with Gasteiger partial charge in [-0.3, -0.25) is 9.36 Å². The average Bonchev–Trinajstić information content (AvgIpc) is 3.45. The summed E-state index contributed by atoms with van der Waals surface area (Å²) in [7, 11) is 0. The number of furan rings is 1. The zero-order valence-electron chi connectivity index (χ0n) is 17.3. The maximum Gasteiger partial charge on any atom is 0.234 e. The van der Waals surface area contributed by atoms with Crippen LogP contribution in [0.15, 0.2) is 76.5 Å². The lowest BCUT2D eigenvalue weighted by atomic mass is 10.2. The fourth-order valence-electron chi connectivity index (χ4n) is 3.11. The largest absolute Gasteiger partial charge is 0.492 e. The number of thioether (sulfide) groups is 1. The van der Waals surface area contributed by atoms with Gasteiger partial charge in [-0.1, -0.05) is 36.0 Å². The van der Waals surface area contributed by atoms with Gasteiger partial charge in [0, 0.05) is 0 Å².